The third kappa shape index (κ3) is 5.89. The normalized spacial score (nSPS) is 15.2. The number of pyridine rings is 1. The molecule has 2 nitrogen and oxygen atoms in total. The van der Waals surface area contributed by atoms with Gasteiger partial charge >= 0.3 is 0 Å². The predicted molar refractivity (Wildman–Crippen MR) is 129 cm³/mol. The average Bonchev–Trinajstić information content (AvgIpc) is 2.65. The van der Waals surface area contributed by atoms with Crippen molar-refractivity contribution >= 4 is 13.9 Å². The third-order valence-electron chi connectivity index (χ3n) is 6.19. The highest BCUT2D eigenvalue weighted by molar-refractivity contribution is 6.74. The topological polar surface area (TPSA) is 22.1 Å². The Morgan fingerprint density at radius 2 is 1.69 bits per heavy atom. The van der Waals surface area contributed by atoms with Crippen LogP contribution >= 0.6 is 0 Å². The van der Waals surface area contributed by atoms with E-state index in [-0.39, 0.29) is 5.04 Å². The van der Waals surface area contributed by atoms with Gasteiger partial charge in [-0.3, -0.25) is 4.98 Å². The summed E-state index contributed by atoms with van der Waals surface area (Å²) in [5.41, 5.74) is 4.41. The molecule has 0 N–H and O–H groups in total. The fourth-order valence-electron chi connectivity index (χ4n) is 3.41. The number of benzene rings is 1. The second-order valence-corrected chi connectivity index (χ2v) is 14.5. The van der Waals surface area contributed by atoms with Gasteiger partial charge in [0.25, 0.3) is 0 Å². The molecule has 0 aliphatic carbocycles. The van der Waals surface area contributed by atoms with Crippen molar-refractivity contribution in [2.45, 2.75) is 84.5 Å². The Bertz CT molecular complexity index is 820. The van der Waals surface area contributed by atoms with Gasteiger partial charge in [0.15, 0.2) is 8.32 Å². The summed E-state index contributed by atoms with van der Waals surface area (Å²) in [5.74, 6) is 0. The number of unbranched alkanes of at least 4 members (excludes halogenated alkanes) is 1. The van der Waals surface area contributed by atoms with E-state index >= 15 is 0 Å². The fraction of sp³-hybridized carbons (Fsp3) is 0.500. The Hall–Kier alpha value is -1.71. The summed E-state index contributed by atoms with van der Waals surface area (Å²) in [6, 6.07) is 14.8. The molecule has 1 heterocycles. The van der Waals surface area contributed by atoms with E-state index in [1.807, 2.05) is 12.3 Å². The molecule has 0 bridgehead atoms. The molecule has 0 saturated carbocycles. The Labute approximate surface area is 179 Å². The van der Waals surface area contributed by atoms with E-state index < -0.39 is 13.9 Å². The minimum Gasteiger partial charge on any atom is -0.403 e. The monoisotopic (exact) mass is 409 g/mol. The molecule has 1 atom stereocenters. The van der Waals surface area contributed by atoms with Crippen molar-refractivity contribution in [2.75, 3.05) is 0 Å². The van der Waals surface area contributed by atoms with Gasteiger partial charge in [-0.25, -0.2) is 0 Å². The second kappa shape index (κ2) is 9.40. The van der Waals surface area contributed by atoms with Crippen molar-refractivity contribution in [1.29, 1.82) is 0 Å². The van der Waals surface area contributed by atoms with Crippen LogP contribution in [-0.2, 0) is 10.0 Å². The van der Waals surface area contributed by atoms with Crippen LogP contribution in [-0.4, -0.2) is 13.3 Å². The van der Waals surface area contributed by atoms with E-state index in [4.69, 9.17) is 9.41 Å². The first-order valence-electron chi connectivity index (χ1n) is 10.9. The second-order valence-electron chi connectivity index (χ2n) is 9.77. The number of rotatable bonds is 8. The molecule has 1 aromatic heterocycles. The Morgan fingerprint density at radius 3 is 2.24 bits per heavy atom. The van der Waals surface area contributed by atoms with Crippen LogP contribution in [0, 0.1) is 6.92 Å². The molecule has 2 aromatic rings. The molecule has 158 valence electrons. The molecule has 1 unspecified atom stereocenters. The van der Waals surface area contributed by atoms with Crippen LogP contribution in [0.1, 0.15) is 70.7 Å². The zero-order valence-corrected chi connectivity index (χ0v) is 20.7. The molecule has 2 rings (SSSR count). The van der Waals surface area contributed by atoms with Crippen molar-refractivity contribution in [3.8, 4) is 0 Å². The van der Waals surface area contributed by atoms with Crippen molar-refractivity contribution in [1.82, 2.24) is 4.98 Å². The molecular weight excluding hydrogens is 370 g/mol. The third-order valence-corrected chi connectivity index (χ3v) is 10.7. The number of hydrogen-bond acceptors (Lipinski definition) is 2. The molecule has 0 aliphatic heterocycles. The summed E-state index contributed by atoms with van der Waals surface area (Å²) >= 11 is 0. The van der Waals surface area contributed by atoms with Gasteiger partial charge in [-0.2, -0.15) is 0 Å². The molecule has 0 amide bonds. The van der Waals surface area contributed by atoms with Crippen LogP contribution in [0.25, 0.3) is 5.57 Å². The molecule has 3 heteroatoms. The highest BCUT2D eigenvalue weighted by Crippen LogP contribution is 2.43. The molecule has 0 fully saturated rings. The molecule has 0 spiro atoms. The lowest BCUT2D eigenvalue weighted by Crippen LogP contribution is -2.47. The maximum Gasteiger partial charge on any atom is 0.193 e. The summed E-state index contributed by atoms with van der Waals surface area (Å²) in [4.78, 5) is 4.72. The van der Waals surface area contributed by atoms with Gasteiger partial charge < -0.3 is 4.43 Å². The summed E-state index contributed by atoms with van der Waals surface area (Å²) in [6.07, 6.45) is 7.61. The van der Waals surface area contributed by atoms with E-state index in [9.17, 15) is 0 Å². The number of allylic oxidation sites excluding steroid dienone is 1. The molecule has 1 aromatic carbocycles. The Kier molecular flexibility index (Phi) is 7.64. The van der Waals surface area contributed by atoms with Crippen LogP contribution in [0.3, 0.4) is 0 Å². The highest BCUT2D eigenvalue weighted by Gasteiger charge is 2.43. The summed E-state index contributed by atoms with van der Waals surface area (Å²) < 4.78 is 7.05. The smallest absolute Gasteiger partial charge is 0.193 e. The standard InChI is InChI=1S/C26H39NOSi/c1-9-10-16-22(23-17-12-11-15-21(23)2)20-26(6,24-18-13-14-19-27-24)28-29(7,8)25(3,4)5/h11-15,17-20H,9-10,16H2,1-8H3/b22-20+. The zero-order valence-electron chi connectivity index (χ0n) is 19.7. The lowest BCUT2D eigenvalue weighted by Gasteiger charge is -2.43. The zero-order chi connectivity index (χ0) is 21.7. The van der Waals surface area contributed by atoms with Crippen molar-refractivity contribution in [3.05, 3.63) is 71.6 Å². The van der Waals surface area contributed by atoms with Crippen molar-refractivity contribution in [3.63, 3.8) is 0 Å². The first-order valence-corrected chi connectivity index (χ1v) is 13.8. The number of aromatic nitrogens is 1. The summed E-state index contributed by atoms with van der Waals surface area (Å²) in [6.45, 7) is 18.2. The quantitative estimate of drug-likeness (QED) is 0.413. The lowest BCUT2D eigenvalue weighted by atomic mass is 9.90. The Morgan fingerprint density at radius 1 is 1.03 bits per heavy atom. The largest absolute Gasteiger partial charge is 0.403 e. The van der Waals surface area contributed by atoms with E-state index in [0.29, 0.717) is 0 Å². The maximum atomic E-state index is 7.05. The molecule has 29 heavy (non-hydrogen) atoms. The van der Waals surface area contributed by atoms with Gasteiger partial charge in [0.2, 0.25) is 0 Å². The van der Waals surface area contributed by atoms with E-state index in [0.717, 1.165) is 12.1 Å². The van der Waals surface area contributed by atoms with Crippen LogP contribution in [0.2, 0.25) is 18.1 Å². The Balaban J connectivity index is 2.63. The van der Waals surface area contributed by atoms with E-state index in [1.54, 1.807) is 0 Å². The lowest BCUT2D eigenvalue weighted by molar-refractivity contribution is 0.117. The van der Waals surface area contributed by atoms with Crippen LogP contribution in [0.15, 0.2) is 54.7 Å². The van der Waals surface area contributed by atoms with Gasteiger partial charge in [0.05, 0.1) is 5.69 Å². The minimum atomic E-state index is -2.02. The van der Waals surface area contributed by atoms with E-state index in [2.05, 4.69) is 97.1 Å². The van der Waals surface area contributed by atoms with Crippen LogP contribution in [0.5, 0.6) is 0 Å². The van der Waals surface area contributed by atoms with E-state index in [1.165, 1.54) is 29.5 Å². The molecule has 0 saturated heterocycles. The average molecular weight is 410 g/mol. The summed E-state index contributed by atoms with van der Waals surface area (Å²) in [7, 11) is -2.02. The SMILES string of the molecule is CCCC/C(=C\C(C)(O[Si](C)(C)C(C)(C)C)c1ccccn1)c1ccccc1C. The van der Waals surface area contributed by atoms with Gasteiger partial charge in [-0.05, 0) is 79.7 Å². The van der Waals surface area contributed by atoms with Crippen molar-refractivity contribution in [2.24, 2.45) is 0 Å². The minimum absolute atomic E-state index is 0.128. The predicted octanol–water partition coefficient (Wildman–Crippen LogP) is 7.90. The van der Waals surface area contributed by atoms with Gasteiger partial charge in [0.1, 0.15) is 5.60 Å². The number of hydrogen-bond donors (Lipinski definition) is 0. The van der Waals surface area contributed by atoms with Crippen molar-refractivity contribution < 1.29 is 4.43 Å². The number of aryl methyl sites for hydroxylation is 1. The first kappa shape index (κ1) is 23.6. The van der Waals surface area contributed by atoms with Gasteiger partial charge in [-0.1, -0.05) is 64.4 Å². The van der Waals surface area contributed by atoms with Crippen LogP contribution in [0.4, 0.5) is 0 Å². The van der Waals surface area contributed by atoms with Gasteiger partial charge in [0, 0.05) is 6.20 Å². The number of nitrogens with zero attached hydrogens (tertiary/aromatic N) is 1. The molecular formula is C26H39NOSi. The molecule has 0 radical (unpaired) electrons. The molecule has 0 aliphatic rings. The van der Waals surface area contributed by atoms with Gasteiger partial charge in [-0.15, -0.1) is 0 Å². The summed E-state index contributed by atoms with van der Waals surface area (Å²) in [5, 5.41) is 0.128. The first-order chi connectivity index (χ1) is 13.5. The maximum absolute atomic E-state index is 7.05. The van der Waals surface area contributed by atoms with Crippen LogP contribution < -0.4 is 0 Å². The highest BCUT2D eigenvalue weighted by atomic mass is 28.4. The fourth-order valence-corrected chi connectivity index (χ4v) is 4.94.